The summed E-state index contributed by atoms with van der Waals surface area (Å²) in [6.45, 7) is 4.29. The number of phenols is 1. The number of carbonyl (C=O) groups is 1. The van der Waals surface area contributed by atoms with Crippen molar-refractivity contribution in [2.75, 3.05) is 6.61 Å². The lowest BCUT2D eigenvalue weighted by Gasteiger charge is -2.08. The van der Waals surface area contributed by atoms with Crippen LogP contribution in [0, 0.1) is 12.8 Å². The molecule has 2 rings (SSSR count). The molecule has 0 amide bonds. The summed E-state index contributed by atoms with van der Waals surface area (Å²) in [6.07, 6.45) is 0.511. The van der Waals surface area contributed by atoms with Crippen molar-refractivity contribution >= 4 is 5.78 Å². The van der Waals surface area contributed by atoms with E-state index in [1.54, 1.807) is 13.0 Å². The van der Waals surface area contributed by atoms with Crippen LogP contribution in [0.4, 0.5) is 0 Å². The smallest absolute Gasteiger partial charge is 0.167 e. The van der Waals surface area contributed by atoms with E-state index in [9.17, 15) is 9.90 Å². The zero-order valence-corrected chi connectivity index (χ0v) is 8.91. The number of rotatable bonds is 0. The highest BCUT2D eigenvalue weighted by atomic mass is 16.5. The molecule has 1 aromatic rings. The van der Waals surface area contributed by atoms with Gasteiger partial charge in [0, 0.05) is 12.5 Å². The second-order valence-electron chi connectivity index (χ2n) is 4.18. The molecule has 0 saturated carbocycles. The van der Waals surface area contributed by atoms with E-state index in [2.05, 4.69) is 0 Å². The normalized spacial score (nSPS) is 20.4. The fraction of sp³-hybridized carbons (Fsp3) is 0.417. The molecular formula is C12H14O3. The summed E-state index contributed by atoms with van der Waals surface area (Å²) in [7, 11) is 0. The molecule has 1 N–H and O–H groups in total. The van der Waals surface area contributed by atoms with E-state index < -0.39 is 0 Å². The van der Waals surface area contributed by atoms with Gasteiger partial charge in [0.25, 0.3) is 0 Å². The van der Waals surface area contributed by atoms with Gasteiger partial charge in [0.1, 0.15) is 11.5 Å². The molecule has 0 unspecified atom stereocenters. The van der Waals surface area contributed by atoms with Crippen molar-refractivity contribution in [3.63, 3.8) is 0 Å². The number of ketones is 1. The molecule has 0 saturated heterocycles. The van der Waals surface area contributed by atoms with Gasteiger partial charge in [-0.2, -0.15) is 0 Å². The van der Waals surface area contributed by atoms with Crippen molar-refractivity contribution in [2.45, 2.75) is 20.3 Å². The van der Waals surface area contributed by atoms with Gasteiger partial charge in [-0.05, 0) is 24.5 Å². The Kier molecular flexibility index (Phi) is 2.39. The van der Waals surface area contributed by atoms with Crippen LogP contribution >= 0.6 is 0 Å². The molecule has 1 aromatic carbocycles. The van der Waals surface area contributed by atoms with Gasteiger partial charge < -0.3 is 9.84 Å². The van der Waals surface area contributed by atoms with Gasteiger partial charge >= 0.3 is 0 Å². The minimum Gasteiger partial charge on any atom is -0.508 e. The lowest BCUT2D eigenvalue weighted by molar-refractivity contribution is 0.0966. The number of hydrogen-bond donors (Lipinski definition) is 1. The van der Waals surface area contributed by atoms with Crippen LogP contribution in [0.5, 0.6) is 11.5 Å². The van der Waals surface area contributed by atoms with E-state index in [-0.39, 0.29) is 17.5 Å². The van der Waals surface area contributed by atoms with Crippen molar-refractivity contribution in [2.24, 2.45) is 5.92 Å². The second-order valence-corrected chi connectivity index (χ2v) is 4.18. The Hall–Kier alpha value is -1.51. The average Bonchev–Trinajstić information content (AvgIpc) is 2.30. The molecule has 0 fully saturated rings. The molecule has 0 spiro atoms. The third kappa shape index (κ3) is 1.82. The maximum Gasteiger partial charge on any atom is 0.167 e. The van der Waals surface area contributed by atoms with Gasteiger partial charge in [-0.3, -0.25) is 4.79 Å². The van der Waals surface area contributed by atoms with E-state index in [1.807, 2.05) is 6.92 Å². The molecule has 80 valence electrons. The van der Waals surface area contributed by atoms with Gasteiger partial charge in [-0.1, -0.05) is 6.92 Å². The van der Waals surface area contributed by atoms with Crippen LogP contribution in [0.1, 0.15) is 29.3 Å². The first-order chi connectivity index (χ1) is 7.08. The largest absolute Gasteiger partial charge is 0.508 e. The highest BCUT2D eigenvalue weighted by molar-refractivity contribution is 5.99. The van der Waals surface area contributed by atoms with Gasteiger partial charge in [0.15, 0.2) is 5.78 Å². The summed E-state index contributed by atoms with van der Waals surface area (Å²) < 4.78 is 5.49. The standard InChI is InChI=1S/C12H14O3/c1-7-3-11(14)9-4-8(2)10(13)5-12(9)15-6-7/h4-5,7,13H,3,6H2,1-2H3/t7-/m0/s1. The summed E-state index contributed by atoms with van der Waals surface area (Å²) >= 11 is 0. The second kappa shape index (κ2) is 3.57. The number of Topliss-reactive ketones (excluding diaryl/α,β-unsaturated/α-hetero) is 1. The van der Waals surface area contributed by atoms with Gasteiger partial charge in [0.05, 0.1) is 12.2 Å². The average molecular weight is 206 g/mol. The molecule has 0 bridgehead atoms. The minimum absolute atomic E-state index is 0.0955. The predicted molar refractivity (Wildman–Crippen MR) is 56.5 cm³/mol. The predicted octanol–water partition coefficient (Wildman–Crippen LogP) is 2.30. The molecule has 3 heteroatoms. The fourth-order valence-electron chi connectivity index (χ4n) is 1.73. The van der Waals surface area contributed by atoms with Crippen LogP contribution in [0.2, 0.25) is 0 Å². The van der Waals surface area contributed by atoms with Crippen molar-refractivity contribution in [3.8, 4) is 11.5 Å². The molecule has 1 aliphatic rings. The van der Waals surface area contributed by atoms with Crippen LogP contribution in [-0.2, 0) is 0 Å². The van der Waals surface area contributed by atoms with Crippen molar-refractivity contribution in [3.05, 3.63) is 23.3 Å². The van der Waals surface area contributed by atoms with Crippen LogP contribution in [0.3, 0.4) is 0 Å². The quantitative estimate of drug-likeness (QED) is 0.708. The molecule has 1 atom stereocenters. The number of aromatic hydroxyl groups is 1. The molecule has 0 aromatic heterocycles. The monoisotopic (exact) mass is 206 g/mol. The highest BCUT2D eigenvalue weighted by Crippen LogP contribution is 2.31. The third-order valence-electron chi connectivity index (χ3n) is 2.66. The van der Waals surface area contributed by atoms with E-state index in [0.29, 0.717) is 29.9 Å². The van der Waals surface area contributed by atoms with E-state index in [0.717, 1.165) is 0 Å². The number of hydrogen-bond acceptors (Lipinski definition) is 3. The maximum absolute atomic E-state index is 11.8. The minimum atomic E-state index is 0.0955. The van der Waals surface area contributed by atoms with Crippen LogP contribution in [0.25, 0.3) is 0 Å². The summed E-state index contributed by atoms with van der Waals surface area (Å²) in [5, 5.41) is 9.53. The topological polar surface area (TPSA) is 46.5 Å². The summed E-state index contributed by atoms with van der Waals surface area (Å²) in [5.74, 6) is 1.01. The van der Waals surface area contributed by atoms with Gasteiger partial charge in [0.2, 0.25) is 0 Å². The van der Waals surface area contributed by atoms with Gasteiger partial charge in [-0.25, -0.2) is 0 Å². The lowest BCUT2D eigenvalue weighted by atomic mass is 10.00. The molecule has 1 heterocycles. The van der Waals surface area contributed by atoms with Crippen LogP contribution in [-0.4, -0.2) is 17.5 Å². The van der Waals surface area contributed by atoms with Crippen LogP contribution in [0.15, 0.2) is 12.1 Å². The van der Waals surface area contributed by atoms with Gasteiger partial charge in [-0.15, -0.1) is 0 Å². The first-order valence-corrected chi connectivity index (χ1v) is 5.07. The number of ether oxygens (including phenoxy) is 1. The Balaban J connectivity index is 2.49. The zero-order chi connectivity index (χ0) is 11.0. The fourth-order valence-corrected chi connectivity index (χ4v) is 1.73. The Labute approximate surface area is 88.7 Å². The first kappa shape index (κ1) is 10.0. The van der Waals surface area contributed by atoms with Crippen LogP contribution < -0.4 is 4.74 Å². The Morgan fingerprint density at radius 1 is 1.47 bits per heavy atom. The molecule has 3 nitrogen and oxygen atoms in total. The summed E-state index contributed by atoms with van der Waals surface area (Å²) in [6, 6.07) is 3.23. The Bertz CT molecular complexity index is 410. The molecular weight excluding hydrogens is 192 g/mol. The molecule has 15 heavy (non-hydrogen) atoms. The Morgan fingerprint density at radius 3 is 2.93 bits per heavy atom. The number of carbonyl (C=O) groups excluding carboxylic acids is 1. The SMILES string of the molecule is Cc1cc2c(cc1O)OC[C@@H](C)CC2=O. The van der Waals surface area contributed by atoms with Crippen molar-refractivity contribution in [1.82, 2.24) is 0 Å². The first-order valence-electron chi connectivity index (χ1n) is 5.07. The summed E-state index contributed by atoms with van der Waals surface area (Å²) in [5.41, 5.74) is 1.30. The van der Waals surface area contributed by atoms with E-state index >= 15 is 0 Å². The zero-order valence-electron chi connectivity index (χ0n) is 8.91. The number of benzene rings is 1. The molecule has 0 radical (unpaired) electrons. The van der Waals surface area contributed by atoms with E-state index in [4.69, 9.17) is 4.74 Å². The number of fused-ring (bicyclic) bond motifs is 1. The lowest BCUT2D eigenvalue weighted by Crippen LogP contribution is -2.07. The molecule has 1 aliphatic heterocycles. The van der Waals surface area contributed by atoms with Crippen molar-refractivity contribution < 1.29 is 14.6 Å². The number of aryl methyl sites for hydroxylation is 1. The highest BCUT2D eigenvalue weighted by Gasteiger charge is 2.22. The van der Waals surface area contributed by atoms with Crippen molar-refractivity contribution in [1.29, 1.82) is 0 Å². The third-order valence-corrected chi connectivity index (χ3v) is 2.66. The maximum atomic E-state index is 11.8. The molecule has 0 aliphatic carbocycles. The Morgan fingerprint density at radius 2 is 2.20 bits per heavy atom. The van der Waals surface area contributed by atoms with E-state index in [1.165, 1.54) is 6.07 Å². The number of phenolic OH excluding ortho intramolecular Hbond substituents is 1. The summed E-state index contributed by atoms with van der Waals surface area (Å²) in [4.78, 5) is 11.8.